The van der Waals surface area contributed by atoms with Crippen LogP contribution in [-0.4, -0.2) is 21.6 Å². The minimum Gasteiger partial charge on any atom is -0.330 e. The first-order chi connectivity index (χ1) is 13.4. The van der Waals surface area contributed by atoms with E-state index in [4.69, 9.17) is 4.98 Å². The molecule has 3 rings (SSSR count). The molecule has 1 N–H and O–H groups in total. The number of aliphatic imine (C=N–C) groups is 1. The monoisotopic (exact) mass is 376 g/mol. The Morgan fingerprint density at radius 2 is 1.89 bits per heavy atom. The van der Waals surface area contributed by atoms with Gasteiger partial charge in [0.05, 0.1) is 0 Å². The lowest BCUT2D eigenvalue weighted by molar-refractivity contribution is -0.120. The molecule has 0 saturated heterocycles. The quantitative estimate of drug-likeness (QED) is 0.752. The summed E-state index contributed by atoms with van der Waals surface area (Å²) < 4.78 is 0. The lowest BCUT2D eigenvalue weighted by Gasteiger charge is -2.18. The number of aromatic nitrogens is 2. The smallest absolute Gasteiger partial charge is 0.249 e. The second-order valence-corrected chi connectivity index (χ2v) is 7.53. The topological polar surface area (TPSA) is 67.2 Å². The van der Waals surface area contributed by atoms with E-state index in [1.165, 1.54) is 16.7 Å². The van der Waals surface area contributed by atoms with Crippen molar-refractivity contribution in [2.75, 3.05) is 0 Å². The lowest BCUT2D eigenvalue weighted by Crippen LogP contribution is -2.27. The summed E-state index contributed by atoms with van der Waals surface area (Å²) in [5, 5.41) is 2.91. The summed E-state index contributed by atoms with van der Waals surface area (Å²) in [4.78, 5) is 25.2. The van der Waals surface area contributed by atoms with E-state index >= 15 is 0 Å². The second kappa shape index (κ2) is 8.91. The lowest BCUT2D eigenvalue weighted by atomic mass is 9.99. The van der Waals surface area contributed by atoms with E-state index in [9.17, 15) is 4.79 Å². The van der Waals surface area contributed by atoms with Gasteiger partial charge in [-0.2, -0.15) is 0 Å². The van der Waals surface area contributed by atoms with Crippen molar-refractivity contribution in [2.45, 2.75) is 59.8 Å². The van der Waals surface area contributed by atoms with Crippen molar-refractivity contribution >= 4 is 17.6 Å². The third-order valence-electron chi connectivity index (χ3n) is 5.23. The molecule has 28 heavy (non-hydrogen) atoms. The minimum atomic E-state index is 0.0935. The summed E-state index contributed by atoms with van der Waals surface area (Å²) in [5.74, 6) is 0.608. The Balaban J connectivity index is 1.71. The Morgan fingerprint density at radius 1 is 1.11 bits per heavy atom. The highest BCUT2D eigenvalue weighted by Gasteiger charge is 2.15. The van der Waals surface area contributed by atoms with Crippen molar-refractivity contribution in [3.63, 3.8) is 0 Å². The van der Waals surface area contributed by atoms with Crippen LogP contribution < -0.4 is 5.32 Å². The molecule has 0 saturated carbocycles. The molecule has 1 aliphatic heterocycles. The molecule has 0 aliphatic carbocycles. The Bertz CT molecular complexity index is 943. The van der Waals surface area contributed by atoms with E-state index in [1.807, 2.05) is 27.0 Å². The average molecular weight is 377 g/mol. The van der Waals surface area contributed by atoms with Crippen LogP contribution >= 0.6 is 0 Å². The largest absolute Gasteiger partial charge is 0.330 e. The molecule has 5 heteroatoms. The van der Waals surface area contributed by atoms with E-state index in [1.54, 1.807) is 0 Å². The molecule has 0 fully saturated rings. The molecule has 1 aromatic carbocycles. The third-order valence-corrected chi connectivity index (χ3v) is 5.23. The molecular weight excluding hydrogens is 348 g/mol. The van der Waals surface area contributed by atoms with Gasteiger partial charge in [0.15, 0.2) is 0 Å². The second-order valence-electron chi connectivity index (χ2n) is 7.53. The van der Waals surface area contributed by atoms with Crippen LogP contribution in [0.2, 0.25) is 0 Å². The van der Waals surface area contributed by atoms with Gasteiger partial charge in [-0.3, -0.25) is 4.79 Å². The predicted octanol–water partition coefficient (Wildman–Crippen LogP) is 4.55. The number of hydrogen-bond donors (Lipinski definition) is 1. The zero-order chi connectivity index (χ0) is 20.1. The molecule has 0 radical (unpaired) electrons. The highest BCUT2D eigenvalue weighted by Crippen LogP contribution is 2.20. The Morgan fingerprint density at radius 3 is 2.64 bits per heavy atom. The van der Waals surface area contributed by atoms with Gasteiger partial charge in [-0.1, -0.05) is 24.3 Å². The molecule has 5 nitrogen and oxygen atoms in total. The first kappa shape index (κ1) is 19.9. The summed E-state index contributed by atoms with van der Waals surface area (Å²) in [6.45, 7) is 8.14. The van der Waals surface area contributed by atoms with Crippen molar-refractivity contribution in [1.29, 1.82) is 0 Å². The number of amides is 1. The summed E-state index contributed by atoms with van der Waals surface area (Å²) in [6, 6.07) is 8.47. The van der Waals surface area contributed by atoms with Crippen LogP contribution in [0.5, 0.6) is 0 Å². The summed E-state index contributed by atoms with van der Waals surface area (Å²) in [6.07, 6.45) is 5.76. The number of benzene rings is 1. The van der Waals surface area contributed by atoms with Crippen molar-refractivity contribution in [3.05, 3.63) is 64.1 Å². The number of nitrogens with one attached hydrogen (secondary N) is 1. The Kier molecular flexibility index (Phi) is 6.34. The maximum Gasteiger partial charge on any atom is 0.249 e. The molecule has 2 heterocycles. The van der Waals surface area contributed by atoms with Crippen molar-refractivity contribution in [2.24, 2.45) is 4.99 Å². The number of hydrogen-bond acceptors (Lipinski definition) is 4. The van der Waals surface area contributed by atoms with Crippen LogP contribution in [0.25, 0.3) is 0 Å². The number of nitrogens with zero attached hydrogens (tertiary/aromatic N) is 3. The van der Waals surface area contributed by atoms with Crippen LogP contribution in [0.15, 0.2) is 46.7 Å². The van der Waals surface area contributed by atoms with E-state index in [0.717, 1.165) is 48.3 Å². The van der Waals surface area contributed by atoms with E-state index in [0.29, 0.717) is 12.4 Å². The van der Waals surface area contributed by atoms with Crippen molar-refractivity contribution < 1.29 is 4.79 Å². The maximum atomic E-state index is 11.5. The maximum absolute atomic E-state index is 11.5. The minimum absolute atomic E-state index is 0.0935. The van der Waals surface area contributed by atoms with Gasteiger partial charge in [0.25, 0.3) is 0 Å². The molecule has 0 spiro atoms. The van der Waals surface area contributed by atoms with Crippen LogP contribution in [0, 0.1) is 13.8 Å². The number of allylic oxidation sites excluding steroid dienone is 2. The third kappa shape index (κ3) is 5.12. The zero-order valence-corrected chi connectivity index (χ0v) is 17.2. The molecule has 2 aromatic rings. The number of rotatable bonds is 6. The highest BCUT2D eigenvalue weighted by molar-refractivity contribution is 5.87. The van der Waals surface area contributed by atoms with Crippen LogP contribution in [-0.2, 0) is 17.6 Å². The van der Waals surface area contributed by atoms with Crippen LogP contribution in [0.4, 0.5) is 5.95 Å². The van der Waals surface area contributed by atoms with E-state index < -0.39 is 0 Å². The summed E-state index contributed by atoms with van der Waals surface area (Å²) >= 11 is 0. The number of carbonyl (C=O) groups excluding carboxylic acids is 1. The van der Waals surface area contributed by atoms with Gasteiger partial charge in [0.2, 0.25) is 11.9 Å². The van der Waals surface area contributed by atoms with Gasteiger partial charge in [0.1, 0.15) is 0 Å². The van der Waals surface area contributed by atoms with Gasteiger partial charge in [-0.15, -0.1) is 0 Å². The summed E-state index contributed by atoms with van der Waals surface area (Å²) in [7, 11) is 0. The van der Waals surface area contributed by atoms with E-state index in [2.05, 4.69) is 46.5 Å². The zero-order valence-electron chi connectivity index (χ0n) is 17.2. The normalized spacial score (nSPS) is 15.0. The van der Waals surface area contributed by atoms with Gasteiger partial charge in [0, 0.05) is 36.1 Å². The van der Waals surface area contributed by atoms with Gasteiger partial charge < -0.3 is 5.32 Å². The predicted molar refractivity (Wildman–Crippen MR) is 113 cm³/mol. The molecule has 1 aliphatic rings. The van der Waals surface area contributed by atoms with E-state index in [-0.39, 0.29) is 5.91 Å². The number of aryl methyl sites for hydroxylation is 4. The van der Waals surface area contributed by atoms with Crippen LogP contribution in [0.1, 0.15) is 55.5 Å². The van der Waals surface area contributed by atoms with Gasteiger partial charge in [-0.05, 0) is 69.2 Å². The first-order valence-corrected chi connectivity index (χ1v) is 9.82. The first-order valence-electron chi connectivity index (χ1n) is 9.82. The Labute approximate surface area is 167 Å². The van der Waals surface area contributed by atoms with Crippen molar-refractivity contribution in [3.8, 4) is 0 Å². The molecule has 0 atom stereocenters. The average Bonchev–Trinajstić information content (AvgIpc) is 2.65. The fraction of sp³-hybridized carbons (Fsp3) is 0.391. The van der Waals surface area contributed by atoms with Gasteiger partial charge in [-0.25, -0.2) is 15.0 Å². The van der Waals surface area contributed by atoms with Crippen molar-refractivity contribution in [1.82, 2.24) is 15.3 Å². The number of carbonyl (C=O) groups is 1. The fourth-order valence-corrected chi connectivity index (χ4v) is 3.47. The fourth-order valence-electron chi connectivity index (χ4n) is 3.47. The molecule has 1 amide bonds. The Hall–Kier alpha value is -2.82. The summed E-state index contributed by atoms with van der Waals surface area (Å²) in [5.41, 5.74) is 7.94. The SMILES string of the molecule is CC(CC1=C(C)NC(=O)CC1)=Nc1ncc(C)c(CCc2ccccc2C)n1. The molecule has 0 unspecified atom stereocenters. The molecule has 0 bridgehead atoms. The van der Waals surface area contributed by atoms with Crippen LogP contribution in [0.3, 0.4) is 0 Å². The molecule has 1 aromatic heterocycles. The molecular formula is C23H28N4O. The molecule has 146 valence electrons. The highest BCUT2D eigenvalue weighted by atomic mass is 16.1. The standard InChI is InChI=1S/C23H28N4O/c1-15-7-5-6-8-19(15)9-11-21-16(2)14-24-23(27-21)25-17(3)13-20-10-12-22(28)26-18(20)4/h5-8,14H,9-13H2,1-4H3,(H,26,28). The van der Waals surface area contributed by atoms with Gasteiger partial charge >= 0.3 is 0 Å².